The minimum Gasteiger partial charge on any atom is -0.335 e. The largest absolute Gasteiger partial charge is 0.335 e. The summed E-state index contributed by atoms with van der Waals surface area (Å²) in [5, 5.41) is 11.8. The number of anilines is 1. The number of nitrogen functional groups attached to an aromatic ring is 1. The van der Waals surface area contributed by atoms with Gasteiger partial charge in [0, 0.05) is 10.6 Å². The molecule has 3 aromatic rings. The first-order chi connectivity index (χ1) is 12.8. The third-order valence-corrected chi connectivity index (χ3v) is 5.18. The number of nitrogens with one attached hydrogen (secondary N) is 1. The highest BCUT2D eigenvalue weighted by atomic mass is 35.5. The number of halogens is 4. The smallest absolute Gasteiger partial charge is 0.234 e. The van der Waals surface area contributed by atoms with Crippen molar-refractivity contribution in [2.45, 2.75) is 5.16 Å². The highest BCUT2D eigenvalue weighted by molar-refractivity contribution is 7.99. The molecule has 0 spiro atoms. The first-order valence-corrected chi connectivity index (χ1v) is 9.50. The molecule has 0 saturated heterocycles. The first-order valence-electron chi connectivity index (χ1n) is 7.39. The van der Waals surface area contributed by atoms with E-state index in [4.69, 9.17) is 40.6 Å². The molecule has 0 fully saturated rings. The van der Waals surface area contributed by atoms with Crippen molar-refractivity contribution >= 4 is 58.2 Å². The Morgan fingerprint density at radius 2 is 1.93 bits per heavy atom. The summed E-state index contributed by atoms with van der Waals surface area (Å²) in [6, 6.07) is 8.60. The van der Waals surface area contributed by atoms with Crippen LogP contribution in [0.5, 0.6) is 0 Å². The number of carbonyl (C=O) groups is 1. The molecule has 1 amide bonds. The van der Waals surface area contributed by atoms with Crippen LogP contribution in [0.1, 0.15) is 0 Å². The summed E-state index contributed by atoms with van der Waals surface area (Å²) in [5.41, 5.74) is 0.872. The topological polar surface area (TPSA) is 85.8 Å². The zero-order chi connectivity index (χ0) is 19.6. The summed E-state index contributed by atoms with van der Waals surface area (Å²) < 4.78 is 14.3. The van der Waals surface area contributed by atoms with Gasteiger partial charge in [0.1, 0.15) is 5.82 Å². The van der Waals surface area contributed by atoms with Crippen molar-refractivity contribution in [3.63, 3.8) is 0 Å². The van der Waals surface area contributed by atoms with E-state index in [0.717, 1.165) is 17.8 Å². The van der Waals surface area contributed by atoms with Gasteiger partial charge in [0.15, 0.2) is 5.82 Å². The summed E-state index contributed by atoms with van der Waals surface area (Å²) in [7, 11) is 0. The molecule has 140 valence electrons. The van der Waals surface area contributed by atoms with Crippen molar-refractivity contribution in [1.82, 2.24) is 14.9 Å². The van der Waals surface area contributed by atoms with Crippen LogP contribution in [-0.4, -0.2) is 26.5 Å². The summed E-state index contributed by atoms with van der Waals surface area (Å²) in [6.07, 6.45) is 0. The minimum atomic E-state index is -0.489. The molecule has 0 atom stereocenters. The van der Waals surface area contributed by atoms with E-state index in [-0.39, 0.29) is 16.7 Å². The molecule has 3 N–H and O–H groups in total. The fourth-order valence-electron chi connectivity index (χ4n) is 2.14. The normalized spacial score (nSPS) is 10.8. The van der Waals surface area contributed by atoms with Crippen molar-refractivity contribution < 1.29 is 9.18 Å². The number of amides is 1. The molecule has 3 rings (SSSR count). The SMILES string of the molecule is Nn1c(SCC(=O)Nc2ccc(F)cc2Cl)nnc1-c1ccc(Cl)cc1Cl. The summed E-state index contributed by atoms with van der Waals surface area (Å²) in [4.78, 5) is 12.1. The molecule has 0 aliphatic heterocycles. The first kappa shape index (κ1) is 19.8. The van der Waals surface area contributed by atoms with Gasteiger partial charge >= 0.3 is 0 Å². The Bertz CT molecular complexity index is 1010. The number of thioether (sulfide) groups is 1. The molecule has 6 nitrogen and oxygen atoms in total. The van der Waals surface area contributed by atoms with Gasteiger partial charge in [0.2, 0.25) is 11.1 Å². The van der Waals surface area contributed by atoms with Gasteiger partial charge in [0.05, 0.1) is 21.5 Å². The van der Waals surface area contributed by atoms with Gasteiger partial charge in [-0.2, -0.15) is 0 Å². The predicted molar refractivity (Wildman–Crippen MR) is 106 cm³/mol. The van der Waals surface area contributed by atoms with E-state index < -0.39 is 5.82 Å². The number of hydrogen-bond acceptors (Lipinski definition) is 5. The van der Waals surface area contributed by atoms with E-state index >= 15 is 0 Å². The molecule has 27 heavy (non-hydrogen) atoms. The molecule has 1 heterocycles. The second kappa shape index (κ2) is 8.35. The van der Waals surface area contributed by atoms with Gasteiger partial charge in [-0.05, 0) is 36.4 Å². The van der Waals surface area contributed by atoms with E-state index in [1.807, 2.05) is 0 Å². The number of nitrogens with two attached hydrogens (primary N) is 1. The van der Waals surface area contributed by atoms with Gasteiger partial charge in [-0.1, -0.05) is 46.6 Å². The monoisotopic (exact) mass is 445 g/mol. The predicted octanol–water partition coefficient (Wildman–Crippen LogP) is 4.49. The van der Waals surface area contributed by atoms with Crippen LogP contribution in [0.4, 0.5) is 10.1 Å². The van der Waals surface area contributed by atoms with Crippen molar-refractivity contribution in [3.05, 3.63) is 57.3 Å². The fraction of sp³-hybridized carbons (Fsp3) is 0.0625. The molecular weight excluding hydrogens is 436 g/mol. The number of carbonyl (C=O) groups excluding carboxylic acids is 1. The van der Waals surface area contributed by atoms with Crippen LogP contribution in [-0.2, 0) is 4.79 Å². The van der Waals surface area contributed by atoms with Crippen LogP contribution < -0.4 is 11.2 Å². The third kappa shape index (κ3) is 4.65. The lowest BCUT2D eigenvalue weighted by Crippen LogP contribution is -2.16. The van der Waals surface area contributed by atoms with Gasteiger partial charge in [0.25, 0.3) is 0 Å². The Kier molecular flexibility index (Phi) is 6.11. The average molecular weight is 447 g/mol. The van der Waals surface area contributed by atoms with Crippen LogP contribution in [0.2, 0.25) is 15.1 Å². The Balaban J connectivity index is 1.68. The average Bonchev–Trinajstić information content (AvgIpc) is 2.96. The molecule has 1 aromatic heterocycles. The maximum atomic E-state index is 13.0. The maximum Gasteiger partial charge on any atom is 0.234 e. The minimum absolute atomic E-state index is 0.00259. The molecule has 0 bridgehead atoms. The lowest BCUT2D eigenvalue weighted by molar-refractivity contribution is -0.113. The number of hydrogen-bond donors (Lipinski definition) is 2. The van der Waals surface area contributed by atoms with Gasteiger partial charge < -0.3 is 11.2 Å². The molecule has 2 aromatic carbocycles. The number of rotatable bonds is 5. The fourth-order valence-corrected chi connectivity index (χ4v) is 3.50. The van der Waals surface area contributed by atoms with Crippen molar-refractivity contribution in [2.75, 3.05) is 16.9 Å². The molecule has 0 saturated carbocycles. The van der Waals surface area contributed by atoms with Gasteiger partial charge in [-0.3, -0.25) is 4.79 Å². The van der Waals surface area contributed by atoms with Crippen molar-refractivity contribution in [3.8, 4) is 11.4 Å². The quantitative estimate of drug-likeness (QED) is 0.445. The number of aromatic nitrogens is 3. The van der Waals surface area contributed by atoms with Crippen LogP contribution in [0, 0.1) is 5.82 Å². The third-order valence-electron chi connectivity index (χ3n) is 3.37. The van der Waals surface area contributed by atoms with E-state index in [1.54, 1.807) is 18.2 Å². The Morgan fingerprint density at radius 1 is 1.15 bits per heavy atom. The zero-order valence-corrected chi connectivity index (χ0v) is 16.5. The van der Waals surface area contributed by atoms with Crippen LogP contribution in [0.3, 0.4) is 0 Å². The highest BCUT2D eigenvalue weighted by Gasteiger charge is 2.16. The van der Waals surface area contributed by atoms with Crippen LogP contribution >= 0.6 is 46.6 Å². The highest BCUT2D eigenvalue weighted by Crippen LogP contribution is 2.30. The number of benzene rings is 2. The van der Waals surface area contributed by atoms with E-state index in [2.05, 4.69) is 15.5 Å². The molecule has 0 aliphatic carbocycles. The molecular formula is C16H11Cl3FN5OS. The van der Waals surface area contributed by atoms with Crippen molar-refractivity contribution in [1.29, 1.82) is 0 Å². The van der Waals surface area contributed by atoms with E-state index in [9.17, 15) is 9.18 Å². The van der Waals surface area contributed by atoms with E-state index in [1.165, 1.54) is 16.8 Å². The zero-order valence-electron chi connectivity index (χ0n) is 13.4. The maximum absolute atomic E-state index is 13.0. The molecule has 0 aliphatic rings. The number of nitrogens with zero attached hydrogens (tertiary/aromatic N) is 3. The van der Waals surface area contributed by atoms with Gasteiger partial charge in [-0.15, -0.1) is 10.2 Å². The summed E-state index contributed by atoms with van der Waals surface area (Å²) in [5.74, 6) is 5.49. The van der Waals surface area contributed by atoms with Gasteiger partial charge in [-0.25, -0.2) is 9.07 Å². The van der Waals surface area contributed by atoms with E-state index in [0.29, 0.717) is 32.3 Å². The Morgan fingerprint density at radius 3 is 2.63 bits per heavy atom. The summed E-state index contributed by atoms with van der Waals surface area (Å²) in [6.45, 7) is 0. The molecule has 0 radical (unpaired) electrons. The lowest BCUT2D eigenvalue weighted by atomic mass is 10.2. The standard InChI is InChI=1S/C16H11Cl3FN5OS/c17-8-1-3-10(11(18)5-8)15-23-24-16(25(15)21)27-7-14(26)22-13-4-2-9(20)6-12(13)19/h1-6H,7,21H2,(H,22,26). The summed E-state index contributed by atoms with van der Waals surface area (Å²) >= 11 is 19.0. The lowest BCUT2D eigenvalue weighted by Gasteiger charge is -2.07. The molecule has 0 unspecified atom stereocenters. The van der Waals surface area contributed by atoms with Crippen molar-refractivity contribution in [2.24, 2.45) is 0 Å². The second-order valence-electron chi connectivity index (χ2n) is 5.26. The van der Waals surface area contributed by atoms with Crippen LogP contribution in [0.15, 0.2) is 41.6 Å². The second-order valence-corrected chi connectivity index (χ2v) is 7.45. The Labute approximate surface area is 172 Å². The van der Waals surface area contributed by atoms with Crippen LogP contribution in [0.25, 0.3) is 11.4 Å². The molecule has 11 heteroatoms. The Hall–Kier alpha value is -2.00.